The van der Waals surface area contributed by atoms with Crippen molar-refractivity contribution in [1.29, 1.82) is 0 Å². The predicted octanol–water partition coefficient (Wildman–Crippen LogP) is 29.0. The summed E-state index contributed by atoms with van der Waals surface area (Å²) in [5, 5.41) is 0. The van der Waals surface area contributed by atoms with Gasteiger partial charge < -0.3 is 0 Å². The molecule has 0 fully saturated rings. The molecular weight excluding hydrogens is 961 g/mol. The molecule has 80 heavy (non-hydrogen) atoms. The molecule has 0 saturated heterocycles. The Morgan fingerprint density at radius 3 is 0.163 bits per heavy atom. The molecule has 0 aromatic carbocycles. The molecule has 0 atom stereocenters. The van der Waals surface area contributed by atoms with E-state index in [4.69, 9.17) is 0 Å². The van der Waals surface area contributed by atoms with Gasteiger partial charge in [0.15, 0.2) is 0 Å². The third-order valence-corrected chi connectivity index (χ3v) is 16.6. The molecule has 0 radical (unpaired) electrons. The topological polar surface area (TPSA) is 0 Å². The zero-order valence-electron chi connectivity index (χ0n) is 54.0. The van der Waals surface area contributed by atoms with E-state index in [9.17, 15) is 0 Å². The van der Waals surface area contributed by atoms with Crippen LogP contribution in [0, 0.1) is 0 Å². The Morgan fingerprint density at radius 1 is 0.0625 bits per heavy atom. The summed E-state index contributed by atoms with van der Waals surface area (Å²) in [6.07, 6.45) is 130. The molecule has 0 N–H and O–H groups in total. The SMILES string of the molecule is C1=CCCCCCC/C=C\CCCCCC/C=C/CCCCCC/C=C/CCCCCC/C=C/CCCCCC/C=C/CCCCCC/C=C/CCCCCC/C=C/CCCCCC/C=C/CCCCCCC=CCCCCCC1. The summed E-state index contributed by atoms with van der Waals surface area (Å²) in [4.78, 5) is 0. The summed E-state index contributed by atoms with van der Waals surface area (Å²) in [6, 6.07) is 0. The van der Waals surface area contributed by atoms with E-state index < -0.39 is 0 Å². The van der Waals surface area contributed by atoms with Crippen molar-refractivity contribution in [3.8, 4) is 0 Å². The molecule has 0 unspecified atom stereocenters. The molecule has 1 aliphatic carbocycles. The summed E-state index contributed by atoms with van der Waals surface area (Å²) >= 11 is 0. The zero-order valence-corrected chi connectivity index (χ0v) is 54.0. The first-order chi connectivity index (χ1) is 40.0. The lowest BCUT2D eigenvalue weighted by atomic mass is 10.1. The van der Waals surface area contributed by atoms with Gasteiger partial charge in [0.1, 0.15) is 0 Å². The van der Waals surface area contributed by atoms with Gasteiger partial charge in [-0.25, -0.2) is 0 Å². The number of hydrogen-bond acceptors (Lipinski definition) is 0. The van der Waals surface area contributed by atoms with Gasteiger partial charge in [-0.05, 0) is 257 Å². The van der Waals surface area contributed by atoms with E-state index in [-0.39, 0.29) is 0 Å². The normalized spacial score (nSPS) is 25.2. The van der Waals surface area contributed by atoms with Crippen LogP contribution in [-0.4, -0.2) is 0 Å². The smallest absolute Gasteiger partial charge is 0.0351 e. The van der Waals surface area contributed by atoms with E-state index in [1.165, 1.54) is 385 Å². The van der Waals surface area contributed by atoms with Gasteiger partial charge in [-0.1, -0.05) is 250 Å². The Bertz CT molecular complexity index is 986. The van der Waals surface area contributed by atoms with E-state index in [0.717, 1.165) is 0 Å². The summed E-state index contributed by atoms with van der Waals surface area (Å²) in [5.41, 5.74) is 0. The van der Waals surface area contributed by atoms with Gasteiger partial charge in [0.05, 0.1) is 0 Å². The molecular formula is C80H140. The van der Waals surface area contributed by atoms with Crippen LogP contribution in [0.5, 0.6) is 0 Å². The van der Waals surface area contributed by atoms with Gasteiger partial charge in [0.2, 0.25) is 0 Å². The minimum Gasteiger partial charge on any atom is -0.0885 e. The Morgan fingerprint density at radius 2 is 0.113 bits per heavy atom. The molecule has 0 spiro atoms. The van der Waals surface area contributed by atoms with E-state index in [1.807, 2.05) is 0 Å². The van der Waals surface area contributed by atoms with Crippen LogP contribution in [0.25, 0.3) is 0 Å². The summed E-state index contributed by atoms with van der Waals surface area (Å²) in [7, 11) is 0. The van der Waals surface area contributed by atoms with Crippen LogP contribution in [0.15, 0.2) is 122 Å². The fraction of sp³-hybridized carbons (Fsp3) is 0.750. The Labute approximate surface area is 504 Å². The maximum Gasteiger partial charge on any atom is -0.0351 e. The van der Waals surface area contributed by atoms with Gasteiger partial charge in [-0.3, -0.25) is 0 Å². The molecule has 0 aromatic rings. The lowest BCUT2D eigenvalue weighted by molar-refractivity contribution is 0.638. The quantitative estimate of drug-likeness (QED) is 0.212. The predicted molar refractivity (Wildman–Crippen MR) is 368 cm³/mol. The molecule has 1 aliphatic rings. The van der Waals surface area contributed by atoms with Crippen molar-refractivity contribution >= 4 is 0 Å². The van der Waals surface area contributed by atoms with Gasteiger partial charge in [-0.2, -0.15) is 0 Å². The Hall–Kier alpha value is -2.60. The van der Waals surface area contributed by atoms with Crippen molar-refractivity contribution in [2.75, 3.05) is 0 Å². The van der Waals surface area contributed by atoms with Gasteiger partial charge in [-0.15, -0.1) is 0 Å². The maximum absolute atomic E-state index is 2.46. The Kier molecular flexibility index (Phi) is 68.3. The number of rotatable bonds is 0. The van der Waals surface area contributed by atoms with Crippen LogP contribution in [0.3, 0.4) is 0 Å². The van der Waals surface area contributed by atoms with Gasteiger partial charge >= 0.3 is 0 Å². The first-order valence-electron chi connectivity index (χ1n) is 36.5. The van der Waals surface area contributed by atoms with Gasteiger partial charge in [0.25, 0.3) is 0 Å². The van der Waals surface area contributed by atoms with Crippen LogP contribution in [0.2, 0.25) is 0 Å². The van der Waals surface area contributed by atoms with E-state index in [0.29, 0.717) is 0 Å². The third kappa shape index (κ3) is 69.7. The minimum atomic E-state index is 1.28. The van der Waals surface area contributed by atoms with Gasteiger partial charge in [0, 0.05) is 0 Å². The zero-order chi connectivity index (χ0) is 56.6. The third-order valence-electron chi connectivity index (χ3n) is 16.6. The molecule has 0 amide bonds. The number of allylic oxidation sites excluding steroid dienone is 20. The minimum absolute atomic E-state index is 1.28. The van der Waals surface area contributed by atoms with E-state index in [1.54, 1.807) is 0 Å². The average molecular weight is 1100 g/mol. The van der Waals surface area contributed by atoms with Crippen LogP contribution in [0.4, 0.5) is 0 Å². The molecule has 0 saturated carbocycles. The molecule has 0 nitrogen and oxygen atoms in total. The largest absolute Gasteiger partial charge is 0.0885 e. The Balaban J connectivity index is 2.13. The highest BCUT2D eigenvalue weighted by atomic mass is 14.0. The van der Waals surface area contributed by atoms with Crippen molar-refractivity contribution in [3.63, 3.8) is 0 Å². The van der Waals surface area contributed by atoms with E-state index in [2.05, 4.69) is 122 Å². The van der Waals surface area contributed by atoms with Crippen LogP contribution in [0.1, 0.15) is 385 Å². The highest BCUT2D eigenvalue weighted by Crippen LogP contribution is 2.16. The second-order valence-electron chi connectivity index (χ2n) is 24.6. The molecule has 0 bridgehead atoms. The fourth-order valence-electron chi connectivity index (χ4n) is 11.1. The highest BCUT2D eigenvalue weighted by Gasteiger charge is 1.96. The van der Waals surface area contributed by atoms with Crippen molar-refractivity contribution in [2.24, 2.45) is 0 Å². The van der Waals surface area contributed by atoms with Crippen LogP contribution >= 0.6 is 0 Å². The van der Waals surface area contributed by atoms with Crippen molar-refractivity contribution < 1.29 is 0 Å². The highest BCUT2D eigenvalue weighted by molar-refractivity contribution is 4.88. The molecule has 0 aromatic heterocycles. The molecule has 460 valence electrons. The summed E-state index contributed by atoms with van der Waals surface area (Å²) in [5.74, 6) is 0. The lowest BCUT2D eigenvalue weighted by Gasteiger charge is -2.00. The lowest BCUT2D eigenvalue weighted by Crippen LogP contribution is -1.80. The fourth-order valence-corrected chi connectivity index (χ4v) is 11.1. The molecule has 0 aliphatic heterocycles. The van der Waals surface area contributed by atoms with Crippen molar-refractivity contribution in [3.05, 3.63) is 122 Å². The maximum atomic E-state index is 2.46. The average Bonchev–Trinajstić information content (AvgIpc) is 3.47. The molecule has 0 heteroatoms. The van der Waals surface area contributed by atoms with Crippen LogP contribution < -0.4 is 0 Å². The first-order valence-corrected chi connectivity index (χ1v) is 36.5. The molecule has 1 rings (SSSR count). The van der Waals surface area contributed by atoms with E-state index >= 15 is 0 Å². The van der Waals surface area contributed by atoms with Crippen molar-refractivity contribution in [1.82, 2.24) is 0 Å². The second kappa shape index (κ2) is 72.5. The monoisotopic (exact) mass is 1100 g/mol. The van der Waals surface area contributed by atoms with Crippen LogP contribution in [-0.2, 0) is 0 Å². The summed E-state index contributed by atoms with van der Waals surface area (Å²) < 4.78 is 0. The van der Waals surface area contributed by atoms with Crippen molar-refractivity contribution in [2.45, 2.75) is 385 Å². The standard InChI is InChI=1S/C80H140/c1-2-4-6-8-10-12-14-16-18-20-22-24-26-28-30-32-34-36-38-40-42-44-46-48-50-52-54-56-58-60-62-64-66-68-70-72-74-76-78-80-79-77-75-73-71-69-67-65-63-61-59-57-55-53-51-49-47-45-43-41-39-37-35-33-31-29-27-25-23-21-19-17-15-13-11-9-7-5-3-1/h1-2,15-18,31-34,47-50,63-66,79-80H,3-14,19-30,35-46,51-62,67-78H2/b2-1-,17-15+,18-16?,33-31+,34-32?,49-47+,50-48+,65-63+,66-64+,80-79+. The first kappa shape index (κ1) is 75.4. The molecule has 0 heterocycles. The summed E-state index contributed by atoms with van der Waals surface area (Å²) in [6.45, 7) is 0. The number of hydrogen-bond donors (Lipinski definition) is 0. The second-order valence-corrected chi connectivity index (χ2v) is 24.6.